The van der Waals surface area contributed by atoms with Crippen molar-refractivity contribution < 1.29 is 19.2 Å². The van der Waals surface area contributed by atoms with Gasteiger partial charge in [0.2, 0.25) is 5.95 Å². The molecular weight excluding hydrogens is 491 g/mol. The molecule has 0 spiro atoms. The van der Waals surface area contributed by atoms with Crippen LogP contribution in [0.2, 0.25) is 10.0 Å². The molecule has 1 atom stereocenters. The number of hydrogen-bond acceptors (Lipinski definition) is 7. The number of imide groups is 1. The second-order valence-electron chi connectivity index (χ2n) is 8.40. The van der Waals surface area contributed by atoms with Gasteiger partial charge in [0.15, 0.2) is 5.60 Å². The van der Waals surface area contributed by atoms with Gasteiger partial charge < -0.3 is 9.57 Å². The third kappa shape index (κ3) is 4.99. The number of halogens is 2. The number of methoxy groups -OCH3 is 1. The van der Waals surface area contributed by atoms with Gasteiger partial charge in [0.05, 0.1) is 12.8 Å². The normalized spacial score (nSPS) is 16.9. The van der Waals surface area contributed by atoms with Gasteiger partial charge in [-0.1, -0.05) is 34.4 Å². The van der Waals surface area contributed by atoms with E-state index in [0.717, 1.165) is 21.6 Å². The lowest BCUT2D eigenvalue weighted by Gasteiger charge is -2.22. The molecule has 1 aliphatic rings. The summed E-state index contributed by atoms with van der Waals surface area (Å²) in [6.07, 6.45) is 2.63. The molecule has 0 radical (unpaired) electrons. The summed E-state index contributed by atoms with van der Waals surface area (Å²) in [5.41, 5.74) is 3.28. The summed E-state index contributed by atoms with van der Waals surface area (Å²) in [5, 5.41) is 5.31. The number of ether oxygens (including phenoxy) is 1. The molecular formula is C25H22Cl2N4O4. The van der Waals surface area contributed by atoms with Gasteiger partial charge in [0.25, 0.3) is 5.91 Å². The minimum absolute atomic E-state index is 0.0690. The quantitative estimate of drug-likeness (QED) is 0.434. The Labute approximate surface area is 212 Å². The summed E-state index contributed by atoms with van der Waals surface area (Å²) in [7, 11) is 1.19. The van der Waals surface area contributed by atoms with E-state index in [4.69, 9.17) is 32.8 Å². The maximum Gasteiger partial charge on any atom is 0.423 e. The van der Waals surface area contributed by atoms with Crippen molar-refractivity contribution in [2.75, 3.05) is 12.0 Å². The largest absolute Gasteiger partial charge is 0.452 e. The number of oxime groups is 1. The summed E-state index contributed by atoms with van der Waals surface area (Å²) in [5.74, 6) is -0.673. The highest BCUT2D eigenvalue weighted by molar-refractivity contribution is 6.34. The second kappa shape index (κ2) is 9.64. The smallest absolute Gasteiger partial charge is 0.423 e. The van der Waals surface area contributed by atoms with E-state index in [1.165, 1.54) is 19.5 Å². The lowest BCUT2D eigenvalue weighted by atomic mass is 9.88. The average Bonchev–Trinajstić information content (AvgIpc) is 3.23. The van der Waals surface area contributed by atoms with Gasteiger partial charge in [-0.2, -0.15) is 4.90 Å². The second-order valence-corrected chi connectivity index (χ2v) is 9.27. The van der Waals surface area contributed by atoms with Crippen LogP contribution in [-0.2, 0) is 15.2 Å². The Morgan fingerprint density at radius 1 is 1.06 bits per heavy atom. The first-order valence-electron chi connectivity index (χ1n) is 10.6. The zero-order valence-corrected chi connectivity index (χ0v) is 21.0. The fourth-order valence-corrected chi connectivity index (χ4v) is 4.29. The van der Waals surface area contributed by atoms with Crippen molar-refractivity contribution in [1.29, 1.82) is 0 Å². The number of benzene rings is 2. The lowest BCUT2D eigenvalue weighted by Crippen LogP contribution is -2.38. The fourth-order valence-electron chi connectivity index (χ4n) is 3.76. The first-order valence-corrected chi connectivity index (χ1v) is 11.4. The van der Waals surface area contributed by atoms with E-state index in [-0.39, 0.29) is 5.95 Å². The van der Waals surface area contributed by atoms with Gasteiger partial charge in [-0.3, -0.25) is 4.79 Å². The van der Waals surface area contributed by atoms with Gasteiger partial charge in [-0.05, 0) is 67.8 Å². The van der Waals surface area contributed by atoms with Crippen LogP contribution in [0.1, 0.15) is 46.0 Å². The molecule has 2 aromatic carbocycles. The van der Waals surface area contributed by atoms with Crippen molar-refractivity contribution in [1.82, 2.24) is 9.97 Å². The number of hydrogen-bond donors (Lipinski definition) is 0. The van der Waals surface area contributed by atoms with Crippen LogP contribution in [0.4, 0.5) is 10.7 Å². The van der Waals surface area contributed by atoms with E-state index < -0.39 is 17.6 Å². The molecule has 0 saturated carbocycles. The molecule has 8 nitrogen and oxygen atoms in total. The molecule has 0 saturated heterocycles. The summed E-state index contributed by atoms with van der Waals surface area (Å²) < 4.78 is 4.80. The van der Waals surface area contributed by atoms with Gasteiger partial charge in [-0.25, -0.2) is 14.8 Å². The summed E-state index contributed by atoms with van der Waals surface area (Å²) in [4.78, 5) is 40.5. The topological polar surface area (TPSA) is 94.0 Å². The SMILES string of the molecule is COC(=O)N(C(=O)c1ccc(C2=NOC(C)(c3cc(Cl)cc(Cl)c3)C2)cc1C)c1ncc(C)cn1. The Morgan fingerprint density at radius 2 is 1.71 bits per heavy atom. The third-order valence-electron chi connectivity index (χ3n) is 5.65. The van der Waals surface area contributed by atoms with Gasteiger partial charge >= 0.3 is 6.09 Å². The molecule has 4 rings (SSSR count). The maximum absolute atomic E-state index is 13.3. The zero-order valence-electron chi connectivity index (χ0n) is 19.5. The highest BCUT2D eigenvalue weighted by atomic mass is 35.5. The molecule has 10 heteroatoms. The molecule has 3 aromatic rings. The minimum atomic E-state index is -0.883. The Hall–Kier alpha value is -3.49. The molecule has 1 aliphatic heterocycles. The first-order chi connectivity index (χ1) is 16.6. The first kappa shape index (κ1) is 24.6. The number of carbonyl (C=O) groups is 2. The molecule has 0 fully saturated rings. The van der Waals surface area contributed by atoms with Gasteiger partial charge in [0, 0.05) is 40.0 Å². The van der Waals surface area contributed by atoms with Crippen LogP contribution in [0.15, 0.2) is 53.9 Å². The molecule has 0 aliphatic carbocycles. The number of aryl methyl sites for hydroxylation is 2. The highest BCUT2D eigenvalue weighted by Gasteiger charge is 2.37. The zero-order chi connectivity index (χ0) is 25.3. The fraction of sp³-hybridized carbons (Fsp3) is 0.240. The van der Waals surface area contributed by atoms with Crippen LogP contribution in [0.5, 0.6) is 0 Å². The summed E-state index contributed by atoms with van der Waals surface area (Å²) in [6.45, 7) is 5.49. The van der Waals surface area contributed by atoms with Crippen molar-refractivity contribution in [3.63, 3.8) is 0 Å². The molecule has 0 bridgehead atoms. The van der Waals surface area contributed by atoms with Crippen molar-refractivity contribution >= 4 is 46.9 Å². The Bertz CT molecular complexity index is 1320. The maximum atomic E-state index is 13.3. The number of anilines is 1. The van der Waals surface area contributed by atoms with E-state index in [2.05, 4.69) is 15.1 Å². The number of amides is 2. The highest BCUT2D eigenvalue weighted by Crippen LogP contribution is 2.38. The van der Waals surface area contributed by atoms with Gasteiger partial charge in [0.1, 0.15) is 0 Å². The number of carbonyl (C=O) groups excluding carboxylic acids is 2. The monoisotopic (exact) mass is 512 g/mol. The minimum Gasteiger partial charge on any atom is -0.452 e. The van der Waals surface area contributed by atoms with E-state index in [9.17, 15) is 9.59 Å². The van der Waals surface area contributed by atoms with Crippen LogP contribution in [0.3, 0.4) is 0 Å². The van der Waals surface area contributed by atoms with E-state index in [1.807, 2.05) is 13.0 Å². The number of nitrogens with zero attached hydrogens (tertiary/aromatic N) is 4. The van der Waals surface area contributed by atoms with Gasteiger partial charge in [-0.15, -0.1) is 0 Å². The number of aromatic nitrogens is 2. The molecule has 2 heterocycles. The van der Waals surface area contributed by atoms with Crippen LogP contribution in [0.25, 0.3) is 0 Å². The summed E-state index contributed by atoms with van der Waals surface area (Å²) >= 11 is 12.3. The summed E-state index contributed by atoms with van der Waals surface area (Å²) in [6, 6.07) is 10.5. The molecule has 0 N–H and O–H groups in total. The lowest BCUT2D eigenvalue weighted by molar-refractivity contribution is -0.00737. The number of rotatable bonds is 4. The standard InChI is InChI=1S/C25H22Cl2N4O4/c1-14-12-28-23(29-13-14)31(24(33)34-4)22(32)20-6-5-16(7-15(20)2)21-11-25(3,35-30-21)17-8-18(26)10-19(27)9-17/h5-10,12-13H,11H2,1-4H3. The Morgan fingerprint density at radius 3 is 2.31 bits per heavy atom. The predicted octanol–water partition coefficient (Wildman–Crippen LogP) is 5.85. The van der Waals surface area contributed by atoms with E-state index in [1.54, 1.807) is 44.2 Å². The Balaban J connectivity index is 1.60. The van der Waals surface area contributed by atoms with Crippen molar-refractivity contribution in [2.24, 2.45) is 5.16 Å². The molecule has 2 amide bonds. The van der Waals surface area contributed by atoms with E-state index in [0.29, 0.717) is 33.3 Å². The van der Waals surface area contributed by atoms with Crippen LogP contribution in [0, 0.1) is 13.8 Å². The van der Waals surface area contributed by atoms with Crippen LogP contribution in [-0.4, -0.2) is 34.8 Å². The van der Waals surface area contributed by atoms with Crippen molar-refractivity contribution in [2.45, 2.75) is 32.8 Å². The van der Waals surface area contributed by atoms with Crippen molar-refractivity contribution in [3.05, 3.63) is 86.7 Å². The third-order valence-corrected chi connectivity index (χ3v) is 6.09. The van der Waals surface area contributed by atoms with E-state index >= 15 is 0 Å². The van der Waals surface area contributed by atoms with Crippen LogP contribution >= 0.6 is 23.2 Å². The molecule has 180 valence electrons. The van der Waals surface area contributed by atoms with Crippen LogP contribution < -0.4 is 4.90 Å². The molecule has 1 aromatic heterocycles. The molecule has 1 unspecified atom stereocenters. The average molecular weight is 513 g/mol. The Kier molecular flexibility index (Phi) is 6.78. The molecule has 35 heavy (non-hydrogen) atoms. The van der Waals surface area contributed by atoms with Crippen molar-refractivity contribution in [3.8, 4) is 0 Å². The predicted molar refractivity (Wildman–Crippen MR) is 133 cm³/mol.